The second-order valence-electron chi connectivity index (χ2n) is 4.44. The third-order valence-electron chi connectivity index (χ3n) is 2.53. The van der Waals surface area contributed by atoms with Crippen molar-refractivity contribution in [3.8, 4) is 0 Å². The summed E-state index contributed by atoms with van der Waals surface area (Å²) in [6.07, 6.45) is 1.20. The summed E-state index contributed by atoms with van der Waals surface area (Å²) >= 11 is 6.01. The minimum Gasteiger partial charge on any atom is -0.319 e. The van der Waals surface area contributed by atoms with E-state index in [0.29, 0.717) is 11.8 Å². The number of hydrogen-bond acceptors (Lipinski definition) is 1. The molecule has 1 aromatic carbocycles. The number of rotatable bonds is 5. The smallest absolute Gasteiger partial charge is 0.0408 e. The first-order chi connectivity index (χ1) is 7.13. The lowest BCUT2D eigenvalue weighted by Gasteiger charge is -2.19. The molecule has 0 saturated heterocycles. The molecule has 1 aromatic rings. The minimum absolute atomic E-state index is 0.564. The van der Waals surface area contributed by atoms with E-state index >= 15 is 0 Å². The van der Waals surface area contributed by atoms with Crippen molar-refractivity contribution in [3.05, 3.63) is 34.9 Å². The lowest BCUT2D eigenvalue weighted by Crippen LogP contribution is -2.18. The molecule has 0 aliphatic rings. The molecule has 0 spiro atoms. The number of hydrogen-bond donors (Lipinski definition) is 1. The van der Waals surface area contributed by atoms with E-state index in [1.54, 1.807) is 0 Å². The Balaban J connectivity index is 2.78. The predicted molar refractivity (Wildman–Crippen MR) is 67.6 cm³/mol. The van der Waals surface area contributed by atoms with Crippen LogP contribution in [-0.4, -0.2) is 13.6 Å². The summed E-state index contributed by atoms with van der Waals surface area (Å²) in [5, 5.41) is 4.08. The molecule has 0 radical (unpaired) electrons. The van der Waals surface area contributed by atoms with Crippen molar-refractivity contribution in [1.82, 2.24) is 5.32 Å². The Hall–Kier alpha value is -0.530. The van der Waals surface area contributed by atoms with Gasteiger partial charge in [-0.15, -0.1) is 0 Å². The van der Waals surface area contributed by atoms with E-state index in [1.807, 2.05) is 19.2 Å². The quantitative estimate of drug-likeness (QED) is 0.806. The van der Waals surface area contributed by atoms with Gasteiger partial charge in [0.1, 0.15) is 0 Å². The van der Waals surface area contributed by atoms with Gasteiger partial charge in [-0.25, -0.2) is 0 Å². The van der Waals surface area contributed by atoms with Crippen LogP contribution in [0.25, 0.3) is 0 Å². The first kappa shape index (κ1) is 12.5. The van der Waals surface area contributed by atoms with E-state index in [2.05, 4.69) is 31.3 Å². The Kier molecular flexibility index (Phi) is 5.13. The summed E-state index contributed by atoms with van der Waals surface area (Å²) in [5.74, 6) is 1.27. The van der Waals surface area contributed by atoms with Crippen LogP contribution in [0.15, 0.2) is 24.3 Å². The van der Waals surface area contributed by atoms with Gasteiger partial charge in [-0.2, -0.15) is 0 Å². The zero-order chi connectivity index (χ0) is 11.3. The van der Waals surface area contributed by atoms with Crippen molar-refractivity contribution < 1.29 is 0 Å². The molecule has 0 saturated carbocycles. The van der Waals surface area contributed by atoms with Crippen LogP contribution in [0.2, 0.25) is 5.02 Å². The molecule has 1 atom stereocenters. The highest BCUT2D eigenvalue weighted by Crippen LogP contribution is 2.25. The molecule has 0 aliphatic heterocycles. The van der Waals surface area contributed by atoms with E-state index in [9.17, 15) is 0 Å². The van der Waals surface area contributed by atoms with Gasteiger partial charge in [0.25, 0.3) is 0 Å². The third kappa shape index (κ3) is 4.23. The average molecular weight is 226 g/mol. The summed E-state index contributed by atoms with van der Waals surface area (Å²) in [7, 11) is 2.00. The maximum Gasteiger partial charge on any atom is 0.0408 e. The van der Waals surface area contributed by atoms with Gasteiger partial charge in [-0.1, -0.05) is 37.6 Å². The van der Waals surface area contributed by atoms with Gasteiger partial charge >= 0.3 is 0 Å². The number of benzene rings is 1. The fourth-order valence-corrected chi connectivity index (χ4v) is 2.11. The van der Waals surface area contributed by atoms with Crippen molar-refractivity contribution in [2.75, 3.05) is 13.6 Å². The highest BCUT2D eigenvalue weighted by Gasteiger charge is 2.12. The van der Waals surface area contributed by atoms with E-state index in [0.717, 1.165) is 11.6 Å². The molecule has 0 bridgehead atoms. The third-order valence-corrected chi connectivity index (χ3v) is 2.76. The molecule has 1 nitrogen and oxygen atoms in total. The molecule has 2 heteroatoms. The second-order valence-corrected chi connectivity index (χ2v) is 4.88. The maximum atomic E-state index is 6.01. The van der Waals surface area contributed by atoms with Crippen molar-refractivity contribution in [2.45, 2.75) is 26.2 Å². The van der Waals surface area contributed by atoms with Crippen LogP contribution >= 0.6 is 11.6 Å². The summed E-state index contributed by atoms with van der Waals surface area (Å²) in [6, 6.07) is 8.19. The molecular weight excluding hydrogens is 206 g/mol. The van der Waals surface area contributed by atoms with Gasteiger partial charge in [-0.05, 0) is 43.0 Å². The summed E-state index contributed by atoms with van der Waals surface area (Å²) in [6.45, 7) is 5.53. The van der Waals surface area contributed by atoms with Crippen LogP contribution in [0.3, 0.4) is 0 Å². The van der Waals surface area contributed by atoms with Crippen LogP contribution in [0.5, 0.6) is 0 Å². The minimum atomic E-state index is 0.564. The van der Waals surface area contributed by atoms with E-state index in [4.69, 9.17) is 11.6 Å². The number of halogens is 1. The Morgan fingerprint density at radius 3 is 2.60 bits per heavy atom. The molecule has 0 aromatic heterocycles. The molecule has 15 heavy (non-hydrogen) atoms. The van der Waals surface area contributed by atoms with Gasteiger partial charge in [-0.3, -0.25) is 0 Å². The maximum absolute atomic E-state index is 6.01. The average Bonchev–Trinajstić information content (AvgIpc) is 2.16. The van der Waals surface area contributed by atoms with Crippen LogP contribution in [0, 0.1) is 5.92 Å². The zero-order valence-corrected chi connectivity index (χ0v) is 10.5. The highest BCUT2D eigenvalue weighted by molar-refractivity contribution is 6.30. The number of likely N-dealkylation sites (N-methyl/N-ethyl adjacent to an activating group) is 1. The lowest BCUT2D eigenvalue weighted by molar-refractivity contribution is 0.484. The van der Waals surface area contributed by atoms with Crippen molar-refractivity contribution in [3.63, 3.8) is 0 Å². The van der Waals surface area contributed by atoms with Crippen molar-refractivity contribution >= 4 is 11.6 Å². The standard InChI is InChI=1S/C13H20ClN/c1-10(2)7-12(9-15-3)11-5-4-6-13(14)8-11/h4-6,8,10,12,15H,7,9H2,1-3H3. The molecule has 0 aliphatic carbocycles. The first-order valence-corrected chi connectivity index (χ1v) is 5.91. The number of nitrogens with one attached hydrogen (secondary N) is 1. The second kappa shape index (κ2) is 6.14. The van der Waals surface area contributed by atoms with Gasteiger partial charge in [0.05, 0.1) is 0 Å². The van der Waals surface area contributed by atoms with E-state index in [-0.39, 0.29) is 0 Å². The van der Waals surface area contributed by atoms with Crippen molar-refractivity contribution in [2.24, 2.45) is 5.92 Å². The summed E-state index contributed by atoms with van der Waals surface area (Å²) < 4.78 is 0. The van der Waals surface area contributed by atoms with Gasteiger partial charge < -0.3 is 5.32 Å². The molecular formula is C13H20ClN. The predicted octanol–water partition coefficient (Wildman–Crippen LogP) is 3.69. The molecule has 0 amide bonds. The molecule has 1 N–H and O–H groups in total. The lowest BCUT2D eigenvalue weighted by atomic mass is 9.90. The molecule has 0 heterocycles. The van der Waals surface area contributed by atoms with Gasteiger partial charge in [0.2, 0.25) is 0 Å². The van der Waals surface area contributed by atoms with Crippen molar-refractivity contribution in [1.29, 1.82) is 0 Å². The Morgan fingerprint density at radius 2 is 2.07 bits per heavy atom. The van der Waals surface area contributed by atoms with Crippen LogP contribution in [-0.2, 0) is 0 Å². The Morgan fingerprint density at radius 1 is 1.33 bits per heavy atom. The zero-order valence-electron chi connectivity index (χ0n) is 9.76. The van der Waals surface area contributed by atoms with Gasteiger partial charge in [0.15, 0.2) is 0 Å². The topological polar surface area (TPSA) is 12.0 Å². The van der Waals surface area contributed by atoms with Crippen LogP contribution in [0.4, 0.5) is 0 Å². The SMILES string of the molecule is CNCC(CC(C)C)c1cccc(Cl)c1. The Bertz CT molecular complexity index is 296. The summed E-state index contributed by atoms with van der Waals surface area (Å²) in [4.78, 5) is 0. The normalized spacial score (nSPS) is 13.1. The van der Waals surface area contributed by atoms with Crippen LogP contribution < -0.4 is 5.32 Å². The van der Waals surface area contributed by atoms with E-state index < -0.39 is 0 Å². The first-order valence-electron chi connectivity index (χ1n) is 5.53. The largest absolute Gasteiger partial charge is 0.319 e. The highest BCUT2D eigenvalue weighted by atomic mass is 35.5. The summed E-state index contributed by atoms with van der Waals surface area (Å²) in [5.41, 5.74) is 1.34. The monoisotopic (exact) mass is 225 g/mol. The molecule has 1 rings (SSSR count). The fourth-order valence-electron chi connectivity index (χ4n) is 1.91. The van der Waals surface area contributed by atoms with Gasteiger partial charge in [0, 0.05) is 11.6 Å². The van der Waals surface area contributed by atoms with Crippen LogP contribution in [0.1, 0.15) is 31.7 Å². The Labute approximate surface area is 97.8 Å². The van der Waals surface area contributed by atoms with E-state index in [1.165, 1.54) is 12.0 Å². The fraction of sp³-hybridized carbons (Fsp3) is 0.538. The molecule has 0 fully saturated rings. The molecule has 84 valence electrons. The molecule has 1 unspecified atom stereocenters.